The molecule has 9 heteroatoms. The Morgan fingerprint density at radius 2 is 2.17 bits per heavy atom. The Balaban J connectivity index is 2.61. The number of thioether (sulfide) groups is 1. The first-order valence-electron chi connectivity index (χ1n) is 4.48. The monoisotopic (exact) mass is 340 g/mol. The lowest BCUT2D eigenvalue weighted by molar-refractivity contribution is -0.0329. The second-order valence-electron chi connectivity index (χ2n) is 3.11. The quantitative estimate of drug-likeness (QED) is 0.786. The van der Waals surface area contributed by atoms with Crippen molar-refractivity contribution in [2.24, 2.45) is 0 Å². The summed E-state index contributed by atoms with van der Waals surface area (Å²) in [5, 5.41) is -0.331. The Bertz CT molecular complexity index is 599. The van der Waals surface area contributed by atoms with Crippen molar-refractivity contribution in [3.8, 4) is 0 Å². The number of carbonyl (C=O) groups excluding carboxylic acids is 1. The van der Waals surface area contributed by atoms with Gasteiger partial charge < -0.3 is 3.83 Å². The number of alkyl halides is 3. The van der Waals surface area contributed by atoms with Gasteiger partial charge in [0.25, 0.3) is 0 Å². The molecule has 0 atom stereocenters. The Morgan fingerprint density at radius 3 is 2.78 bits per heavy atom. The first-order valence-corrected chi connectivity index (χ1v) is 5.94. The molecule has 2 heterocycles. The second kappa shape index (κ2) is 4.81. The summed E-state index contributed by atoms with van der Waals surface area (Å²) >= 11 is 2.02. The van der Waals surface area contributed by atoms with Crippen molar-refractivity contribution in [1.29, 1.82) is 0 Å². The number of aromatic nitrogens is 2. The van der Waals surface area contributed by atoms with Crippen LogP contribution in [0.1, 0.15) is 10.5 Å². The third kappa shape index (κ3) is 2.61. The van der Waals surface area contributed by atoms with Crippen LogP contribution in [-0.4, -0.2) is 20.9 Å². The van der Waals surface area contributed by atoms with E-state index in [2.05, 4.69) is 25.1 Å². The van der Waals surface area contributed by atoms with E-state index in [1.165, 1.54) is 16.7 Å². The van der Waals surface area contributed by atoms with Crippen LogP contribution in [0.3, 0.4) is 0 Å². The molecule has 0 fully saturated rings. The molecule has 0 amide bonds. The van der Waals surface area contributed by atoms with Crippen LogP contribution in [0.4, 0.5) is 13.2 Å². The van der Waals surface area contributed by atoms with Gasteiger partial charge in [-0.3, -0.25) is 4.40 Å². The number of imidazole rings is 1. The predicted octanol–water partition coefficient (Wildman–Crippen LogP) is 3.41. The highest BCUT2D eigenvalue weighted by Gasteiger charge is 2.34. The van der Waals surface area contributed by atoms with Crippen molar-refractivity contribution in [2.75, 3.05) is 0 Å². The third-order valence-corrected chi connectivity index (χ3v) is 3.07. The van der Waals surface area contributed by atoms with E-state index in [1.54, 1.807) is 12.1 Å². The molecule has 0 radical (unpaired) electrons. The maximum absolute atomic E-state index is 12.5. The van der Waals surface area contributed by atoms with Crippen LogP contribution in [-0.2, 0) is 3.83 Å². The van der Waals surface area contributed by atoms with Crippen molar-refractivity contribution < 1.29 is 21.8 Å². The van der Waals surface area contributed by atoms with Crippen LogP contribution < -0.4 is 0 Å². The largest absolute Gasteiger partial charge is 0.447 e. The van der Waals surface area contributed by atoms with Crippen molar-refractivity contribution in [3.63, 3.8) is 0 Å². The molecule has 0 spiro atoms. The maximum atomic E-state index is 12.5. The molecule has 0 aliphatic rings. The number of hydrogen-bond donors (Lipinski definition) is 0. The van der Waals surface area contributed by atoms with Gasteiger partial charge in [-0.1, -0.05) is 6.07 Å². The Kier molecular flexibility index (Phi) is 3.53. The molecule has 96 valence electrons. The SMILES string of the molecule is O=C(OBr)c1nc2ccccn2c1SC(F)(F)F. The zero-order valence-corrected chi connectivity index (χ0v) is 10.8. The van der Waals surface area contributed by atoms with Crippen LogP contribution in [0, 0.1) is 0 Å². The van der Waals surface area contributed by atoms with Gasteiger partial charge in [0.15, 0.2) is 22.0 Å². The van der Waals surface area contributed by atoms with E-state index >= 15 is 0 Å². The molecule has 0 aliphatic carbocycles. The molecule has 0 saturated carbocycles. The molecular formula is C9H4BrF3N2O2S. The highest BCUT2D eigenvalue weighted by Crippen LogP contribution is 2.39. The van der Waals surface area contributed by atoms with Crippen LogP contribution >= 0.6 is 28.0 Å². The lowest BCUT2D eigenvalue weighted by atomic mass is 10.5. The highest BCUT2D eigenvalue weighted by atomic mass is 79.9. The summed E-state index contributed by atoms with van der Waals surface area (Å²) in [7, 11) is 0. The zero-order chi connectivity index (χ0) is 13.3. The summed E-state index contributed by atoms with van der Waals surface area (Å²) in [5.41, 5.74) is -4.68. The van der Waals surface area contributed by atoms with Gasteiger partial charge in [-0.05, 0) is 12.1 Å². The van der Waals surface area contributed by atoms with Gasteiger partial charge in [-0.2, -0.15) is 13.2 Å². The Labute approximate surface area is 112 Å². The van der Waals surface area contributed by atoms with Crippen molar-refractivity contribution in [2.45, 2.75) is 10.5 Å². The van der Waals surface area contributed by atoms with Gasteiger partial charge in [-0.25, -0.2) is 9.78 Å². The molecule has 0 bridgehead atoms. The number of hydrogen-bond acceptors (Lipinski definition) is 4. The van der Waals surface area contributed by atoms with E-state index < -0.39 is 23.2 Å². The minimum absolute atomic E-state index is 0.233. The van der Waals surface area contributed by atoms with Crippen molar-refractivity contribution in [3.05, 3.63) is 30.1 Å². The van der Waals surface area contributed by atoms with Crippen LogP contribution in [0.2, 0.25) is 0 Å². The number of carbonyl (C=O) groups is 1. The van der Waals surface area contributed by atoms with E-state index in [1.807, 2.05) is 0 Å². The molecular weight excluding hydrogens is 337 g/mol. The van der Waals surface area contributed by atoms with Gasteiger partial charge in [-0.15, -0.1) is 0 Å². The van der Waals surface area contributed by atoms with Gasteiger partial charge >= 0.3 is 11.5 Å². The normalized spacial score (nSPS) is 11.8. The molecule has 0 aliphatic heterocycles. The van der Waals surface area contributed by atoms with Gasteiger partial charge in [0.05, 0.1) is 0 Å². The lowest BCUT2D eigenvalue weighted by Gasteiger charge is -2.06. The van der Waals surface area contributed by atoms with E-state index in [0.29, 0.717) is 0 Å². The van der Waals surface area contributed by atoms with Crippen LogP contribution in [0.15, 0.2) is 29.4 Å². The zero-order valence-electron chi connectivity index (χ0n) is 8.44. The summed E-state index contributed by atoms with van der Waals surface area (Å²) in [6.07, 6.45) is 1.39. The maximum Gasteiger partial charge on any atom is 0.447 e. The number of pyridine rings is 1. The number of halogens is 4. The topological polar surface area (TPSA) is 43.6 Å². The fraction of sp³-hybridized carbons (Fsp3) is 0.111. The molecule has 0 N–H and O–H groups in total. The molecule has 2 aromatic heterocycles. The summed E-state index contributed by atoms with van der Waals surface area (Å²) in [4.78, 5) is 15.2. The van der Waals surface area contributed by atoms with Crippen LogP contribution in [0.25, 0.3) is 5.65 Å². The smallest absolute Gasteiger partial charge is 0.379 e. The highest BCUT2D eigenvalue weighted by molar-refractivity contribution is 9.06. The summed E-state index contributed by atoms with van der Waals surface area (Å²) in [6.45, 7) is 0. The van der Waals surface area contributed by atoms with E-state index in [0.717, 1.165) is 0 Å². The standard InChI is InChI=1S/C9H4BrF3N2O2S/c10-17-8(16)6-7(18-9(11,12)13)15-4-2-1-3-5(15)14-6/h1-4H. The summed E-state index contributed by atoms with van der Waals surface area (Å²) in [6, 6.07) is 4.64. The van der Waals surface area contributed by atoms with E-state index in [4.69, 9.17) is 0 Å². The fourth-order valence-electron chi connectivity index (χ4n) is 1.35. The second-order valence-corrected chi connectivity index (χ2v) is 4.48. The number of fused-ring (bicyclic) bond motifs is 1. The number of rotatable bonds is 2. The van der Waals surface area contributed by atoms with Crippen molar-refractivity contribution >= 4 is 39.6 Å². The molecule has 0 saturated heterocycles. The van der Waals surface area contributed by atoms with Gasteiger partial charge in [0.2, 0.25) is 0 Å². The molecule has 4 nitrogen and oxygen atoms in total. The predicted molar refractivity (Wildman–Crippen MR) is 61.4 cm³/mol. The summed E-state index contributed by atoms with van der Waals surface area (Å²) in [5.74, 6) is -0.981. The average Bonchev–Trinajstić information content (AvgIpc) is 2.65. The minimum Gasteiger partial charge on any atom is -0.379 e. The van der Waals surface area contributed by atoms with Crippen LogP contribution in [0.5, 0.6) is 0 Å². The molecule has 0 aromatic carbocycles. The lowest BCUT2D eigenvalue weighted by Crippen LogP contribution is -2.06. The fourth-order valence-corrected chi connectivity index (χ4v) is 2.20. The summed E-state index contributed by atoms with van der Waals surface area (Å²) < 4.78 is 42.8. The number of nitrogens with zero attached hydrogens (tertiary/aromatic N) is 2. The first-order chi connectivity index (χ1) is 8.42. The van der Waals surface area contributed by atoms with Gasteiger partial charge in [0.1, 0.15) is 10.7 Å². The van der Waals surface area contributed by atoms with E-state index in [9.17, 15) is 18.0 Å². The third-order valence-electron chi connectivity index (χ3n) is 1.96. The molecule has 2 rings (SSSR count). The Hall–Kier alpha value is -1.22. The average molecular weight is 341 g/mol. The Morgan fingerprint density at radius 1 is 1.44 bits per heavy atom. The molecule has 18 heavy (non-hydrogen) atoms. The van der Waals surface area contributed by atoms with E-state index in [-0.39, 0.29) is 16.4 Å². The minimum atomic E-state index is -4.52. The molecule has 2 aromatic rings. The molecule has 0 unspecified atom stereocenters. The first kappa shape index (κ1) is 13.2. The van der Waals surface area contributed by atoms with Gasteiger partial charge in [0, 0.05) is 18.0 Å². The van der Waals surface area contributed by atoms with Crippen molar-refractivity contribution in [1.82, 2.24) is 9.38 Å².